The molecule has 0 radical (unpaired) electrons. The second kappa shape index (κ2) is 5.47. The maximum Gasteiger partial charge on any atom is 0.213 e. The lowest BCUT2D eigenvalue weighted by atomic mass is 9.91. The second-order valence-corrected chi connectivity index (χ2v) is 7.63. The molecular formula is C9H20BrNO2S. The maximum atomic E-state index is 11.5. The van der Waals surface area contributed by atoms with Gasteiger partial charge in [0.2, 0.25) is 10.0 Å². The molecule has 0 heterocycles. The van der Waals surface area contributed by atoms with Crippen molar-refractivity contribution in [3.8, 4) is 0 Å². The van der Waals surface area contributed by atoms with Gasteiger partial charge in [-0.15, -0.1) is 0 Å². The van der Waals surface area contributed by atoms with Crippen molar-refractivity contribution in [1.82, 2.24) is 4.72 Å². The van der Waals surface area contributed by atoms with E-state index in [1.165, 1.54) is 0 Å². The van der Waals surface area contributed by atoms with E-state index >= 15 is 0 Å². The summed E-state index contributed by atoms with van der Waals surface area (Å²) in [5.74, 6) is 0. The van der Waals surface area contributed by atoms with Gasteiger partial charge >= 0.3 is 0 Å². The fourth-order valence-corrected chi connectivity index (χ4v) is 2.81. The minimum atomic E-state index is -3.12. The topological polar surface area (TPSA) is 46.2 Å². The van der Waals surface area contributed by atoms with Crippen molar-refractivity contribution in [2.75, 3.05) is 11.9 Å². The van der Waals surface area contributed by atoms with Crippen molar-refractivity contribution < 1.29 is 8.42 Å². The molecule has 5 heteroatoms. The molecule has 0 bridgehead atoms. The van der Waals surface area contributed by atoms with Crippen LogP contribution in [-0.2, 0) is 10.0 Å². The number of alkyl halides is 1. The molecule has 0 spiro atoms. The monoisotopic (exact) mass is 285 g/mol. The molecule has 0 fully saturated rings. The molecule has 0 aromatic rings. The molecule has 14 heavy (non-hydrogen) atoms. The van der Waals surface area contributed by atoms with E-state index in [1.54, 1.807) is 13.8 Å². The summed E-state index contributed by atoms with van der Waals surface area (Å²) in [4.78, 5) is 0. The van der Waals surface area contributed by atoms with E-state index in [-0.39, 0.29) is 10.7 Å². The van der Waals surface area contributed by atoms with Crippen molar-refractivity contribution in [1.29, 1.82) is 0 Å². The first-order valence-electron chi connectivity index (χ1n) is 4.76. The zero-order chi connectivity index (χ0) is 11.4. The molecule has 3 nitrogen and oxygen atoms in total. The summed E-state index contributed by atoms with van der Waals surface area (Å²) in [5, 5.41) is 0.533. The molecular weight excluding hydrogens is 266 g/mol. The number of hydrogen-bond acceptors (Lipinski definition) is 2. The molecule has 0 amide bonds. The number of nitrogens with one attached hydrogen (secondary N) is 1. The Kier molecular flexibility index (Phi) is 5.62. The highest BCUT2D eigenvalue weighted by molar-refractivity contribution is 9.09. The Balaban J connectivity index is 4.19. The molecule has 0 aliphatic carbocycles. The number of rotatable bonds is 6. The minimum absolute atomic E-state index is 0.00542. The van der Waals surface area contributed by atoms with Gasteiger partial charge in [-0.3, -0.25) is 0 Å². The first-order valence-corrected chi connectivity index (χ1v) is 7.42. The molecule has 0 saturated carbocycles. The lowest BCUT2D eigenvalue weighted by Crippen LogP contribution is -2.37. The average Bonchev–Trinajstić information content (AvgIpc) is 2.01. The highest BCUT2D eigenvalue weighted by Crippen LogP contribution is 2.20. The number of hydrogen-bond donors (Lipinski definition) is 1. The molecule has 0 aliphatic heterocycles. The van der Waals surface area contributed by atoms with Gasteiger partial charge in [-0.1, -0.05) is 29.8 Å². The maximum absolute atomic E-state index is 11.5. The third-order valence-corrected chi connectivity index (χ3v) is 4.33. The Hall–Kier alpha value is 0.390. The minimum Gasteiger partial charge on any atom is -0.214 e. The van der Waals surface area contributed by atoms with Gasteiger partial charge in [0.1, 0.15) is 0 Å². The number of sulfonamides is 1. The second-order valence-electron chi connectivity index (χ2n) is 4.52. The lowest BCUT2D eigenvalue weighted by molar-refractivity contribution is 0.353. The predicted molar refractivity (Wildman–Crippen MR) is 64.3 cm³/mol. The molecule has 0 aliphatic rings. The Morgan fingerprint density at radius 3 is 2.21 bits per heavy atom. The van der Waals surface area contributed by atoms with Gasteiger partial charge in [-0.25, -0.2) is 13.1 Å². The van der Waals surface area contributed by atoms with E-state index in [9.17, 15) is 8.42 Å². The lowest BCUT2D eigenvalue weighted by Gasteiger charge is -2.24. The van der Waals surface area contributed by atoms with E-state index in [0.29, 0.717) is 6.54 Å². The van der Waals surface area contributed by atoms with E-state index in [0.717, 1.165) is 11.8 Å². The predicted octanol–water partition coefficient (Wildman–Crippen LogP) is 2.13. The van der Waals surface area contributed by atoms with Crippen LogP contribution in [0.5, 0.6) is 0 Å². The van der Waals surface area contributed by atoms with Crippen molar-refractivity contribution in [2.45, 2.75) is 39.4 Å². The highest BCUT2D eigenvalue weighted by atomic mass is 79.9. The highest BCUT2D eigenvalue weighted by Gasteiger charge is 2.22. The van der Waals surface area contributed by atoms with Crippen LogP contribution in [0.4, 0.5) is 0 Å². The molecule has 0 aromatic carbocycles. The van der Waals surface area contributed by atoms with Gasteiger partial charge in [-0.05, 0) is 25.7 Å². The van der Waals surface area contributed by atoms with E-state index in [2.05, 4.69) is 34.5 Å². The standard InChI is InChI=1S/C9H20BrNO2S/c1-8(2)14(12,13)11-7-9(3,4)5-6-10/h8,11H,5-7H2,1-4H3. The Bertz CT molecular complexity index is 260. The third-order valence-electron chi connectivity index (χ3n) is 2.14. The summed E-state index contributed by atoms with van der Waals surface area (Å²) in [6.07, 6.45) is 0.952. The fraction of sp³-hybridized carbons (Fsp3) is 1.00. The van der Waals surface area contributed by atoms with Crippen molar-refractivity contribution in [3.63, 3.8) is 0 Å². The molecule has 0 atom stereocenters. The Morgan fingerprint density at radius 1 is 1.36 bits per heavy atom. The first-order chi connectivity index (χ1) is 6.21. The van der Waals surface area contributed by atoms with Crippen LogP contribution < -0.4 is 4.72 Å². The number of halogens is 1. The quantitative estimate of drug-likeness (QED) is 0.760. The van der Waals surface area contributed by atoms with Gasteiger partial charge in [0.25, 0.3) is 0 Å². The molecule has 86 valence electrons. The third kappa shape index (κ3) is 5.32. The van der Waals surface area contributed by atoms with Crippen LogP contribution in [0, 0.1) is 5.41 Å². The smallest absolute Gasteiger partial charge is 0.213 e. The van der Waals surface area contributed by atoms with E-state index < -0.39 is 10.0 Å². The van der Waals surface area contributed by atoms with Crippen LogP contribution in [0.15, 0.2) is 0 Å². The van der Waals surface area contributed by atoms with E-state index in [1.807, 2.05) is 0 Å². The molecule has 1 N–H and O–H groups in total. The largest absolute Gasteiger partial charge is 0.214 e. The summed E-state index contributed by atoms with van der Waals surface area (Å²) in [6.45, 7) is 7.97. The molecule has 0 unspecified atom stereocenters. The van der Waals surface area contributed by atoms with Crippen molar-refractivity contribution in [3.05, 3.63) is 0 Å². The van der Waals surface area contributed by atoms with Gasteiger partial charge < -0.3 is 0 Å². The van der Waals surface area contributed by atoms with Crippen LogP contribution in [0.3, 0.4) is 0 Å². The van der Waals surface area contributed by atoms with Gasteiger partial charge in [-0.2, -0.15) is 0 Å². The summed E-state index contributed by atoms with van der Waals surface area (Å²) in [6, 6.07) is 0. The average molecular weight is 286 g/mol. The van der Waals surface area contributed by atoms with Gasteiger partial charge in [0.15, 0.2) is 0 Å². The summed E-state index contributed by atoms with van der Waals surface area (Å²) >= 11 is 3.36. The van der Waals surface area contributed by atoms with Crippen LogP contribution in [-0.4, -0.2) is 25.5 Å². The van der Waals surface area contributed by atoms with Crippen LogP contribution >= 0.6 is 15.9 Å². The van der Waals surface area contributed by atoms with Crippen molar-refractivity contribution in [2.24, 2.45) is 5.41 Å². The van der Waals surface area contributed by atoms with Crippen LogP contribution in [0.25, 0.3) is 0 Å². The zero-order valence-corrected chi connectivity index (χ0v) is 11.7. The molecule has 0 rings (SSSR count). The molecule has 0 aromatic heterocycles. The molecule has 0 saturated heterocycles. The SMILES string of the molecule is CC(C)S(=O)(=O)NCC(C)(C)CCBr. The summed E-state index contributed by atoms with van der Waals surface area (Å²) in [5.41, 5.74) is 0.00542. The Labute approximate surface area is 95.8 Å². The first kappa shape index (κ1) is 14.4. The normalized spacial score (nSPS) is 13.6. The summed E-state index contributed by atoms with van der Waals surface area (Å²) < 4.78 is 25.6. The van der Waals surface area contributed by atoms with E-state index in [4.69, 9.17) is 0 Å². The van der Waals surface area contributed by atoms with Gasteiger partial charge in [0.05, 0.1) is 5.25 Å². The fourth-order valence-electron chi connectivity index (χ4n) is 0.807. The van der Waals surface area contributed by atoms with Gasteiger partial charge in [0, 0.05) is 11.9 Å². The zero-order valence-electron chi connectivity index (χ0n) is 9.30. The Morgan fingerprint density at radius 2 is 1.86 bits per heavy atom. The van der Waals surface area contributed by atoms with Crippen LogP contribution in [0.1, 0.15) is 34.1 Å². The van der Waals surface area contributed by atoms with Crippen LogP contribution in [0.2, 0.25) is 0 Å². The summed E-state index contributed by atoms with van der Waals surface area (Å²) in [7, 11) is -3.12. The van der Waals surface area contributed by atoms with Crippen molar-refractivity contribution >= 4 is 26.0 Å².